The van der Waals surface area contributed by atoms with E-state index >= 15 is 0 Å². The lowest BCUT2D eigenvalue weighted by molar-refractivity contribution is 0.0685. The molecule has 0 spiro atoms. The molecule has 0 unspecified atom stereocenters. The zero-order chi connectivity index (χ0) is 13.3. The number of hydrogen-bond donors (Lipinski definition) is 1. The SMILES string of the molecule is COc1ccc(-c2cc(C(=O)O)n(C)n2)c(Cl)c1. The second-order valence-electron chi connectivity index (χ2n) is 3.69. The summed E-state index contributed by atoms with van der Waals surface area (Å²) in [5.41, 5.74) is 1.29. The van der Waals surface area contributed by atoms with Crippen LogP contribution in [0.5, 0.6) is 5.75 Å². The number of methoxy groups -OCH3 is 1. The van der Waals surface area contributed by atoms with Crippen molar-refractivity contribution in [3.63, 3.8) is 0 Å². The van der Waals surface area contributed by atoms with Crippen LogP contribution in [0.15, 0.2) is 24.3 Å². The average Bonchev–Trinajstić information content (AvgIpc) is 2.71. The van der Waals surface area contributed by atoms with Crippen molar-refractivity contribution in [3.8, 4) is 17.0 Å². The van der Waals surface area contributed by atoms with Gasteiger partial charge in [0.25, 0.3) is 0 Å². The van der Waals surface area contributed by atoms with Crippen molar-refractivity contribution >= 4 is 17.6 Å². The molecule has 0 amide bonds. The van der Waals surface area contributed by atoms with Crippen molar-refractivity contribution in [2.75, 3.05) is 7.11 Å². The molecule has 2 rings (SSSR count). The number of aryl methyl sites for hydroxylation is 1. The van der Waals surface area contributed by atoms with E-state index in [4.69, 9.17) is 21.4 Å². The number of nitrogens with zero attached hydrogens (tertiary/aromatic N) is 2. The number of carbonyl (C=O) groups is 1. The zero-order valence-corrected chi connectivity index (χ0v) is 10.6. The van der Waals surface area contributed by atoms with E-state index < -0.39 is 5.97 Å². The van der Waals surface area contributed by atoms with Crippen LogP contribution >= 0.6 is 11.6 Å². The molecule has 1 aromatic carbocycles. The molecule has 0 bridgehead atoms. The minimum Gasteiger partial charge on any atom is -0.497 e. The van der Waals surface area contributed by atoms with Gasteiger partial charge < -0.3 is 9.84 Å². The van der Waals surface area contributed by atoms with Gasteiger partial charge >= 0.3 is 5.97 Å². The minimum atomic E-state index is -1.03. The molecule has 0 saturated heterocycles. The third-order valence-corrected chi connectivity index (χ3v) is 2.86. The summed E-state index contributed by atoms with van der Waals surface area (Å²) in [5.74, 6) is -0.390. The molecule has 0 radical (unpaired) electrons. The van der Waals surface area contributed by atoms with Crippen LogP contribution in [0, 0.1) is 0 Å². The third kappa shape index (κ3) is 2.17. The molecule has 0 aliphatic rings. The molecule has 18 heavy (non-hydrogen) atoms. The summed E-state index contributed by atoms with van der Waals surface area (Å²) in [6, 6.07) is 6.63. The van der Waals surface area contributed by atoms with Crippen LogP contribution in [0.25, 0.3) is 11.3 Å². The molecule has 5 nitrogen and oxygen atoms in total. The Morgan fingerprint density at radius 1 is 1.44 bits per heavy atom. The molecule has 2 aromatic rings. The van der Waals surface area contributed by atoms with Gasteiger partial charge in [-0.1, -0.05) is 11.6 Å². The lowest BCUT2D eigenvalue weighted by atomic mass is 10.1. The molecule has 94 valence electrons. The second kappa shape index (κ2) is 4.70. The molecule has 1 heterocycles. The van der Waals surface area contributed by atoms with E-state index in [1.807, 2.05) is 0 Å². The lowest BCUT2D eigenvalue weighted by Crippen LogP contribution is -2.04. The van der Waals surface area contributed by atoms with E-state index in [0.29, 0.717) is 22.0 Å². The van der Waals surface area contributed by atoms with E-state index in [-0.39, 0.29) is 5.69 Å². The van der Waals surface area contributed by atoms with Crippen molar-refractivity contribution in [1.29, 1.82) is 0 Å². The Balaban J connectivity index is 2.49. The monoisotopic (exact) mass is 266 g/mol. The number of carboxylic acid groups (broad SMARTS) is 1. The fourth-order valence-electron chi connectivity index (χ4n) is 1.63. The summed E-state index contributed by atoms with van der Waals surface area (Å²) < 4.78 is 6.35. The maximum Gasteiger partial charge on any atom is 0.354 e. The predicted octanol–water partition coefficient (Wildman–Crippen LogP) is 2.45. The number of halogens is 1. The molecule has 1 aromatic heterocycles. The first-order chi connectivity index (χ1) is 8.52. The highest BCUT2D eigenvalue weighted by Gasteiger charge is 2.14. The summed E-state index contributed by atoms with van der Waals surface area (Å²) in [6.07, 6.45) is 0. The van der Waals surface area contributed by atoms with Crippen LogP contribution in [0.4, 0.5) is 0 Å². The van der Waals surface area contributed by atoms with Crippen molar-refractivity contribution in [2.24, 2.45) is 7.05 Å². The second-order valence-corrected chi connectivity index (χ2v) is 4.10. The summed E-state index contributed by atoms with van der Waals surface area (Å²) in [4.78, 5) is 10.9. The van der Waals surface area contributed by atoms with Crippen LogP contribution < -0.4 is 4.74 Å². The van der Waals surface area contributed by atoms with E-state index in [2.05, 4.69) is 5.10 Å². The summed E-state index contributed by atoms with van der Waals surface area (Å²) in [6.45, 7) is 0. The number of hydrogen-bond acceptors (Lipinski definition) is 3. The number of ether oxygens (including phenoxy) is 1. The molecule has 0 fully saturated rings. The Kier molecular flexibility index (Phi) is 3.25. The Bertz CT molecular complexity index is 607. The fraction of sp³-hybridized carbons (Fsp3) is 0.167. The molecule has 0 aliphatic heterocycles. The van der Waals surface area contributed by atoms with Gasteiger partial charge in [0.15, 0.2) is 0 Å². The topological polar surface area (TPSA) is 64.3 Å². The highest BCUT2D eigenvalue weighted by atomic mass is 35.5. The largest absolute Gasteiger partial charge is 0.497 e. The summed E-state index contributed by atoms with van der Waals surface area (Å²) in [7, 11) is 3.12. The number of aromatic carboxylic acids is 1. The number of rotatable bonds is 3. The van der Waals surface area contributed by atoms with Gasteiger partial charge in [-0.25, -0.2) is 4.79 Å². The van der Waals surface area contributed by atoms with E-state index in [9.17, 15) is 4.79 Å². The maximum absolute atomic E-state index is 10.9. The Morgan fingerprint density at radius 2 is 2.17 bits per heavy atom. The molecular formula is C12H11ClN2O3. The molecule has 6 heteroatoms. The van der Waals surface area contributed by atoms with E-state index in [1.54, 1.807) is 32.4 Å². The van der Waals surface area contributed by atoms with E-state index in [1.165, 1.54) is 10.7 Å². The van der Waals surface area contributed by atoms with Crippen molar-refractivity contribution < 1.29 is 14.6 Å². The standard InChI is InChI=1S/C12H11ClN2O3/c1-15-11(12(16)17)6-10(14-15)8-4-3-7(18-2)5-9(8)13/h3-6H,1-2H3,(H,16,17). The van der Waals surface area contributed by atoms with Crippen LogP contribution in [-0.2, 0) is 7.05 Å². The highest BCUT2D eigenvalue weighted by molar-refractivity contribution is 6.33. The number of benzene rings is 1. The van der Waals surface area contributed by atoms with Crippen molar-refractivity contribution in [1.82, 2.24) is 9.78 Å². The molecule has 1 N–H and O–H groups in total. The van der Waals surface area contributed by atoms with Crippen molar-refractivity contribution in [3.05, 3.63) is 35.0 Å². The predicted molar refractivity (Wildman–Crippen MR) is 67.2 cm³/mol. The van der Waals surface area contributed by atoms with Gasteiger partial charge in [0.05, 0.1) is 17.8 Å². The maximum atomic E-state index is 10.9. The number of carboxylic acids is 1. The Labute approximate surface area is 109 Å². The van der Waals surface area contributed by atoms with Crippen LogP contribution in [0.3, 0.4) is 0 Å². The van der Waals surface area contributed by atoms with Gasteiger partial charge in [0.2, 0.25) is 0 Å². The normalized spacial score (nSPS) is 10.4. The number of aromatic nitrogens is 2. The van der Waals surface area contributed by atoms with Gasteiger partial charge in [-0.15, -0.1) is 0 Å². The fourth-order valence-corrected chi connectivity index (χ4v) is 1.90. The van der Waals surface area contributed by atoms with Gasteiger partial charge in [-0.2, -0.15) is 5.10 Å². The molecule has 0 atom stereocenters. The minimum absolute atomic E-state index is 0.108. The Hall–Kier alpha value is -2.01. The van der Waals surface area contributed by atoms with E-state index in [0.717, 1.165) is 0 Å². The van der Waals surface area contributed by atoms with Gasteiger partial charge in [0, 0.05) is 12.6 Å². The van der Waals surface area contributed by atoms with Gasteiger partial charge in [-0.3, -0.25) is 4.68 Å². The van der Waals surface area contributed by atoms with Crippen LogP contribution in [0.1, 0.15) is 10.5 Å². The Morgan fingerprint density at radius 3 is 2.67 bits per heavy atom. The quantitative estimate of drug-likeness (QED) is 0.927. The smallest absolute Gasteiger partial charge is 0.354 e. The average molecular weight is 267 g/mol. The highest BCUT2D eigenvalue weighted by Crippen LogP contribution is 2.30. The van der Waals surface area contributed by atoms with Crippen molar-refractivity contribution in [2.45, 2.75) is 0 Å². The first kappa shape index (κ1) is 12.4. The van der Waals surface area contributed by atoms with Gasteiger partial charge in [0.1, 0.15) is 11.4 Å². The van der Waals surface area contributed by atoms with Crippen LogP contribution in [0.2, 0.25) is 5.02 Å². The lowest BCUT2D eigenvalue weighted by Gasteiger charge is -2.03. The molecule has 0 saturated carbocycles. The summed E-state index contributed by atoms with van der Waals surface area (Å²) in [5, 5.41) is 13.6. The van der Waals surface area contributed by atoms with Crippen LogP contribution in [-0.4, -0.2) is 28.0 Å². The molecule has 0 aliphatic carbocycles. The van der Waals surface area contributed by atoms with Gasteiger partial charge in [-0.05, 0) is 24.3 Å². The first-order valence-corrected chi connectivity index (χ1v) is 5.52. The first-order valence-electron chi connectivity index (χ1n) is 5.14. The summed E-state index contributed by atoms with van der Waals surface area (Å²) >= 11 is 6.11. The zero-order valence-electron chi connectivity index (χ0n) is 9.85. The molecular weight excluding hydrogens is 256 g/mol. The third-order valence-electron chi connectivity index (χ3n) is 2.55.